The molecule has 0 aliphatic carbocycles. The van der Waals surface area contributed by atoms with Gasteiger partial charge >= 0.3 is 6.61 Å². The van der Waals surface area contributed by atoms with Crippen LogP contribution in [0.1, 0.15) is 24.8 Å². The van der Waals surface area contributed by atoms with Crippen LogP contribution in [-0.2, 0) is 6.54 Å². The van der Waals surface area contributed by atoms with Crippen LogP contribution in [0, 0.1) is 5.41 Å². The predicted molar refractivity (Wildman–Crippen MR) is 82.5 cm³/mol. The molecule has 1 aromatic rings. The molecule has 3 nitrogen and oxygen atoms in total. The number of hydrogen-bond acceptors (Lipinski definition) is 3. The highest BCUT2D eigenvalue weighted by Crippen LogP contribution is 2.39. The molecule has 1 spiro atoms. The fourth-order valence-electron chi connectivity index (χ4n) is 3.62. The summed E-state index contributed by atoms with van der Waals surface area (Å²) in [6.07, 6.45) is 3.73. The highest BCUT2D eigenvalue weighted by molar-refractivity contribution is 6.32. The van der Waals surface area contributed by atoms with Gasteiger partial charge in [-0.15, -0.1) is 0 Å². The number of rotatable bonds is 4. The molecular weight excluding hydrogens is 310 g/mol. The van der Waals surface area contributed by atoms with Crippen LogP contribution in [0.5, 0.6) is 5.75 Å². The molecule has 2 fully saturated rings. The van der Waals surface area contributed by atoms with Gasteiger partial charge in [-0.2, -0.15) is 8.78 Å². The number of nitrogens with zero attached hydrogens (tertiary/aromatic N) is 1. The molecule has 0 bridgehead atoms. The smallest absolute Gasteiger partial charge is 0.387 e. The topological polar surface area (TPSA) is 24.5 Å². The van der Waals surface area contributed by atoms with E-state index in [4.69, 9.17) is 11.6 Å². The maximum atomic E-state index is 12.2. The summed E-state index contributed by atoms with van der Waals surface area (Å²) in [6, 6.07) is 5.07. The van der Waals surface area contributed by atoms with Gasteiger partial charge in [0, 0.05) is 13.1 Å². The molecule has 2 heterocycles. The summed E-state index contributed by atoms with van der Waals surface area (Å²) in [5, 5.41) is 3.66. The summed E-state index contributed by atoms with van der Waals surface area (Å²) in [6.45, 7) is 2.39. The van der Waals surface area contributed by atoms with E-state index in [1.807, 2.05) is 6.07 Å². The number of alkyl halides is 2. The molecule has 22 heavy (non-hydrogen) atoms. The number of benzene rings is 1. The Balaban J connectivity index is 1.60. The molecule has 0 unspecified atom stereocenters. The summed E-state index contributed by atoms with van der Waals surface area (Å²) in [7, 11) is 0. The summed E-state index contributed by atoms with van der Waals surface area (Å²) >= 11 is 6.02. The molecule has 2 aliphatic heterocycles. The fourth-order valence-corrected chi connectivity index (χ4v) is 3.87. The molecule has 1 N–H and O–H groups in total. The average Bonchev–Trinajstić information content (AvgIpc) is 2.85. The normalized spacial score (nSPS) is 21.6. The second-order valence-electron chi connectivity index (χ2n) is 6.35. The molecular formula is C16H21ClF2N2O. The minimum absolute atomic E-state index is 0.0386. The molecule has 0 saturated carbocycles. The van der Waals surface area contributed by atoms with Gasteiger partial charge in [0.05, 0.1) is 5.02 Å². The number of halogens is 3. The first kappa shape index (κ1) is 16.0. The van der Waals surface area contributed by atoms with Crippen LogP contribution in [-0.4, -0.2) is 37.7 Å². The number of piperidine rings is 1. The zero-order valence-electron chi connectivity index (χ0n) is 12.5. The van der Waals surface area contributed by atoms with Crippen molar-refractivity contribution in [2.45, 2.75) is 32.4 Å². The Labute approximate surface area is 134 Å². The number of likely N-dealkylation sites (tertiary alicyclic amines) is 1. The van der Waals surface area contributed by atoms with Gasteiger partial charge in [0.15, 0.2) is 0 Å². The van der Waals surface area contributed by atoms with Gasteiger partial charge in [-0.25, -0.2) is 0 Å². The molecule has 122 valence electrons. The first-order valence-electron chi connectivity index (χ1n) is 7.73. The average molecular weight is 331 g/mol. The van der Waals surface area contributed by atoms with Gasteiger partial charge in [0.25, 0.3) is 0 Å². The Morgan fingerprint density at radius 1 is 1.27 bits per heavy atom. The van der Waals surface area contributed by atoms with Crippen molar-refractivity contribution in [1.29, 1.82) is 0 Å². The Morgan fingerprint density at radius 2 is 2.05 bits per heavy atom. The minimum Gasteiger partial charge on any atom is -0.433 e. The molecule has 1 aromatic carbocycles. The van der Waals surface area contributed by atoms with Crippen LogP contribution in [0.2, 0.25) is 5.02 Å². The summed E-state index contributed by atoms with van der Waals surface area (Å²) in [5.74, 6) is 0.0386. The van der Waals surface area contributed by atoms with Gasteiger partial charge in [0.2, 0.25) is 0 Å². The van der Waals surface area contributed by atoms with E-state index in [1.165, 1.54) is 25.3 Å². The van der Waals surface area contributed by atoms with E-state index in [0.29, 0.717) is 5.41 Å². The first-order valence-corrected chi connectivity index (χ1v) is 8.10. The summed E-state index contributed by atoms with van der Waals surface area (Å²) in [5.41, 5.74) is 1.51. The van der Waals surface area contributed by atoms with Gasteiger partial charge in [-0.3, -0.25) is 4.90 Å². The van der Waals surface area contributed by atoms with Crippen LogP contribution in [0.3, 0.4) is 0 Å². The summed E-state index contributed by atoms with van der Waals surface area (Å²) in [4.78, 5) is 2.44. The van der Waals surface area contributed by atoms with Crippen molar-refractivity contribution in [3.63, 3.8) is 0 Å². The Hall–Kier alpha value is -0.910. The third-order valence-corrected chi connectivity index (χ3v) is 5.10. The standard InChI is InChI=1S/C16H21ClF2N2O/c17-13-9-12(1-2-14(13)22-15(18)19)10-21-8-5-16(11-21)3-6-20-7-4-16/h1-2,9,15,20H,3-8,10-11H2. The van der Waals surface area contributed by atoms with Crippen LogP contribution < -0.4 is 10.1 Å². The van der Waals surface area contributed by atoms with Crippen molar-refractivity contribution in [3.05, 3.63) is 28.8 Å². The van der Waals surface area contributed by atoms with Gasteiger partial charge in [0.1, 0.15) is 5.75 Å². The fraction of sp³-hybridized carbons (Fsp3) is 0.625. The van der Waals surface area contributed by atoms with E-state index < -0.39 is 6.61 Å². The summed E-state index contributed by atoms with van der Waals surface area (Å²) < 4.78 is 28.8. The third kappa shape index (κ3) is 3.70. The number of hydrogen-bond donors (Lipinski definition) is 1. The van der Waals surface area contributed by atoms with Crippen molar-refractivity contribution in [2.24, 2.45) is 5.41 Å². The van der Waals surface area contributed by atoms with E-state index in [-0.39, 0.29) is 10.8 Å². The lowest BCUT2D eigenvalue weighted by atomic mass is 9.78. The molecule has 3 rings (SSSR count). The van der Waals surface area contributed by atoms with Gasteiger partial charge in [-0.1, -0.05) is 17.7 Å². The van der Waals surface area contributed by atoms with E-state index in [0.717, 1.165) is 38.3 Å². The quantitative estimate of drug-likeness (QED) is 0.914. The molecule has 0 radical (unpaired) electrons. The minimum atomic E-state index is -2.85. The Kier molecular flexibility index (Phi) is 4.85. The molecule has 0 amide bonds. The number of ether oxygens (including phenoxy) is 1. The van der Waals surface area contributed by atoms with Gasteiger partial charge < -0.3 is 10.1 Å². The van der Waals surface area contributed by atoms with E-state index >= 15 is 0 Å². The lowest BCUT2D eigenvalue weighted by molar-refractivity contribution is -0.0498. The van der Waals surface area contributed by atoms with E-state index in [9.17, 15) is 8.78 Å². The van der Waals surface area contributed by atoms with Crippen molar-refractivity contribution >= 4 is 11.6 Å². The lowest BCUT2D eigenvalue weighted by Gasteiger charge is -2.34. The van der Waals surface area contributed by atoms with Gasteiger partial charge in [-0.05, 0) is 62.0 Å². The van der Waals surface area contributed by atoms with Crippen molar-refractivity contribution < 1.29 is 13.5 Å². The Morgan fingerprint density at radius 3 is 2.73 bits per heavy atom. The van der Waals surface area contributed by atoms with Crippen molar-refractivity contribution in [3.8, 4) is 5.75 Å². The predicted octanol–water partition coefficient (Wildman–Crippen LogP) is 3.52. The lowest BCUT2D eigenvalue weighted by Crippen LogP contribution is -2.38. The molecule has 2 saturated heterocycles. The van der Waals surface area contributed by atoms with Crippen molar-refractivity contribution in [1.82, 2.24) is 10.2 Å². The molecule has 0 atom stereocenters. The maximum absolute atomic E-state index is 12.2. The Bertz CT molecular complexity index is 521. The maximum Gasteiger partial charge on any atom is 0.387 e. The second kappa shape index (κ2) is 6.69. The highest BCUT2D eigenvalue weighted by Gasteiger charge is 2.38. The third-order valence-electron chi connectivity index (χ3n) is 4.80. The zero-order valence-corrected chi connectivity index (χ0v) is 13.2. The molecule has 0 aromatic heterocycles. The monoisotopic (exact) mass is 330 g/mol. The number of nitrogens with one attached hydrogen (secondary N) is 1. The SMILES string of the molecule is FC(F)Oc1ccc(CN2CCC3(CCNCC3)C2)cc1Cl. The van der Waals surface area contributed by atoms with Crippen molar-refractivity contribution in [2.75, 3.05) is 26.2 Å². The zero-order chi connectivity index (χ0) is 15.6. The van der Waals surface area contributed by atoms with E-state index in [2.05, 4.69) is 15.0 Å². The van der Waals surface area contributed by atoms with Crippen LogP contribution in [0.4, 0.5) is 8.78 Å². The van der Waals surface area contributed by atoms with Crippen LogP contribution >= 0.6 is 11.6 Å². The van der Waals surface area contributed by atoms with Crippen LogP contribution in [0.15, 0.2) is 18.2 Å². The molecule has 2 aliphatic rings. The first-order chi connectivity index (χ1) is 10.6. The highest BCUT2D eigenvalue weighted by atomic mass is 35.5. The largest absolute Gasteiger partial charge is 0.433 e. The molecule has 6 heteroatoms. The van der Waals surface area contributed by atoms with Crippen LogP contribution in [0.25, 0.3) is 0 Å². The second-order valence-corrected chi connectivity index (χ2v) is 6.76. The van der Waals surface area contributed by atoms with E-state index in [1.54, 1.807) is 6.07 Å².